The molecule has 115 valence electrons. The molecular weight excluding hydrogens is 268 g/mol. The topological polar surface area (TPSA) is 6.48 Å². The van der Waals surface area contributed by atoms with Crippen LogP contribution in [0.25, 0.3) is 0 Å². The first kappa shape index (κ1) is 15.1. The van der Waals surface area contributed by atoms with Gasteiger partial charge in [0.25, 0.3) is 0 Å². The molecule has 0 atom stereocenters. The summed E-state index contributed by atoms with van der Waals surface area (Å²) in [5, 5.41) is 0. The van der Waals surface area contributed by atoms with Crippen molar-refractivity contribution >= 4 is 5.69 Å². The molecule has 2 heteroatoms. The molecule has 1 aliphatic heterocycles. The van der Waals surface area contributed by atoms with Gasteiger partial charge < -0.3 is 4.90 Å². The summed E-state index contributed by atoms with van der Waals surface area (Å²) >= 11 is 0. The third kappa shape index (κ3) is 4.11. The van der Waals surface area contributed by atoms with Crippen molar-refractivity contribution in [1.29, 1.82) is 0 Å². The summed E-state index contributed by atoms with van der Waals surface area (Å²) in [4.78, 5) is 5.08. The van der Waals surface area contributed by atoms with Crippen LogP contribution in [0, 0.1) is 13.3 Å². The standard InChI is InChI=1S/C20H25N2/c1-18-7-5-11-20(17-18)22-15-13-21(14-16-22)12-6-10-19-8-3-2-4-9-19/h2-5,7-11,17H,6,12-16H2,1H3. The zero-order valence-corrected chi connectivity index (χ0v) is 13.4. The molecule has 0 N–H and O–H groups in total. The maximum atomic E-state index is 2.58. The largest absolute Gasteiger partial charge is 0.369 e. The molecule has 22 heavy (non-hydrogen) atoms. The molecule has 1 radical (unpaired) electrons. The van der Waals surface area contributed by atoms with Crippen molar-refractivity contribution in [3.05, 3.63) is 72.1 Å². The van der Waals surface area contributed by atoms with Gasteiger partial charge in [0.15, 0.2) is 0 Å². The van der Waals surface area contributed by atoms with Crippen LogP contribution in [0.4, 0.5) is 5.69 Å². The Morgan fingerprint density at radius 1 is 0.909 bits per heavy atom. The van der Waals surface area contributed by atoms with E-state index in [0.29, 0.717) is 0 Å². The van der Waals surface area contributed by atoms with Gasteiger partial charge in [0, 0.05) is 31.9 Å². The zero-order chi connectivity index (χ0) is 15.2. The zero-order valence-electron chi connectivity index (χ0n) is 13.4. The van der Waals surface area contributed by atoms with Crippen LogP contribution >= 0.6 is 0 Å². The average Bonchev–Trinajstić information content (AvgIpc) is 2.56. The second-order valence-electron chi connectivity index (χ2n) is 6.07. The number of aryl methyl sites for hydroxylation is 1. The molecule has 2 nitrogen and oxygen atoms in total. The fraction of sp³-hybridized carbons (Fsp3) is 0.350. The first-order chi connectivity index (χ1) is 10.8. The first-order valence-electron chi connectivity index (χ1n) is 8.23. The molecule has 1 heterocycles. The highest BCUT2D eigenvalue weighted by Crippen LogP contribution is 2.18. The Morgan fingerprint density at radius 3 is 2.41 bits per heavy atom. The predicted molar refractivity (Wildman–Crippen MR) is 94.3 cm³/mol. The third-order valence-corrected chi connectivity index (χ3v) is 4.36. The smallest absolute Gasteiger partial charge is 0.0369 e. The minimum atomic E-state index is 1.13. The lowest BCUT2D eigenvalue weighted by Gasteiger charge is -2.36. The molecule has 2 aromatic carbocycles. The Balaban J connectivity index is 1.42. The van der Waals surface area contributed by atoms with Crippen molar-refractivity contribution in [3.8, 4) is 0 Å². The Bertz CT molecular complexity index is 571. The van der Waals surface area contributed by atoms with Gasteiger partial charge in [-0.2, -0.15) is 0 Å². The highest BCUT2D eigenvalue weighted by molar-refractivity contribution is 5.48. The molecule has 1 aliphatic rings. The van der Waals surface area contributed by atoms with Gasteiger partial charge in [-0.25, -0.2) is 0 Å². The normalized spacial score (nSPS) is 16.0. The minimum absolute atomic E-state index is 1.13. The van der Waals surface area contributed by atoms with Crippen molar-refractivity contribution in [1.82, 2.24) is 4.90 Å². The van der Waals surface area contributed by atoms with Crippen LogP contribution in [0.15, 0.2) is 54.6 Å². The lowest BCUT2D eigenvalue weighted by molar-refractivity contribution is 0.261. The van der Waals surface area contributed by atoms with Crippen LogP contribution < -0.4 is 4.90 Å². The average molecular weight is 293 g/mol. The van der Waals surface area contributed by atoms with Gasteiger partial charge in [-0.15, -0.1) is 0 Å². The summed E-state index contributed by atoms with van der Waals surface area (Å²) in [5.74, 6) is 0. The molecule has 1 fully saturated rings. The number of anilines is 1. The monoisotopic (exact) mass is 293 g/mol. The number of rotatable bonds is 5. The highest BCUT2D eigenvalue weighted by atomic mass is 15.3. The van der Waals surface area contributed by atoms with E-state index in [-0.39, 0.29) is 0 Å². The molecule has 0 aliphatic carbocycles. The van der Waals surface area contributed by atoms with E-state index in [2.05, 4.69) is 77.7 Å². The lowest BCUT2D eigenvalue weighted by Crippen LogP contribution is -2.46. The van der Waals surface area contributed by atoms with Crippen LogP contribution in [-0.2, 0) is 0 Å². The maximum absolute atomic E-state index is 2.58. The molecule has 0 unspecified atom stereocenters. The molecular formula is C20H25N2. The number of benzene rings is 2. The van der Waals surface area contributed by atoms with E-state index in [4.69, 9.17) is 0 Å². The van der Waals surface area contributed by atoms with Crippen LogP contribution in [0.1, 0.15) is 17.5 Å². The SMILES string of the molecule is Cc1cccc(N2CCN(CC[CH]c3ccccc3)CC2)c1. The summed E-state index contributed by atoms with van der Waals surface area (Å²) in [5.41, 5.74) is 4.05. The Kier molecular flexibility index (Phi) is 5.12. The highest BCUT2D eigenvalue weighted by Gasteiger charge is 2.16. The minimum Gasteiger partial charge on any atom is -0.369 e. The van der Waals surface area contributed by atoms with Crippen LogP contribution in [0.3, 0.4) is 0 Å². The number of hydrogen-bond donors (Lipinski definition) is 0. The van der Waals surface area contributed by atoms with Crippen LogP contribution in [0.2, 0.25) is 0 Å². The van der Waals surface area contributed by atoms with Crippen molar-refractivity contribution in [2.45, 2.75) is 13.3 Å². The van der Waals surface area contributed by atoms with Crippen molar-refractivity contribution < 1.29 is 0 Å². The Morgan fingerprint density at radius 2 is 1.68 bits per heavy atom. The summed E-state index contributed by atoms with van der Waals surface area (Å²) in [6.07, 6.45) is 3.47. The van der Waals surface area contributed by atoms with E-state index < -0.39 is 0 Å². The van der Waals surface area contributed by atoms with E-state index >= 15 is 0 Å². The third-order valence-electron chi connectivity index (χ3n) is 4.36. The van der Waals surface area contributed by atoms with Gasteiger partial charge in [-0.1, -0.05) is 42.5 Å². The van der Waals surface area contributed by atoms with Crippen LogP contribution in [-0.4, -0.2) is 37.6 Å². The number of piperazine rings is 1. The van der Waals surface area contributed by atoms with Gasteiger partial charge in [-0.3, -0.25) is 4.90 Å². The molecule has 3 rings (SSSR count). The quantitative estimate of drug-likeness (QED) is 0.828. The summed E-state index contributed by atoms with van der Waals surface area (Å²) in [6, 6.07) is 19.5. The van der Waals surface area contributed by atoms with Gasteiger partial charge in [0.2, 0.25) is 0 Å². The Hall–Kier alpha value is -1.80. The van der Waals surface area contributed by atoms with E-state index in [1.165, 1.54) is 16.8 Å². The molecule has 0 amide bonds. The fourth-order valence-electron chi connectivity index (χ4n) is 3.06. The molecule has 1 saturated heterocycles. The molecule has 0 spiro atoms. The molecule has 0 saturated carbocycles. The van der Waals surface area contributed by atoms with Crippen LogP contribution in [0.5, 0.6) is 0 Å². The van der Waals surface area contributed by atoms with Gasteiger partial charge >= 0.3 is 0 Å². The van der Waals surface area contributed by atoms with Gasteiger partial charge in [0.1, 0.15) is 0 Å². The molecule has 0 bridgehead atoms. The van der Waals surface area contributed by atoms with Crippen molar-refractivity contribution in [2.75, 3.05) is 37.6 Å². The summed E-state index contributed by atoms with van der Waals surface area (Å²) in [6.45, 7) is 7.92. The number of hydrogen-bond acceptors (Lipinski definition) is 2. The fourth-order valence-corrected chi connectivity index (χ4v) is 3.06. The van der Waals surface area contributed by atoms with E-state index in [1.54, 1.807) is 0 Å². The van der Waals surface area contributed by atoms with Gasteiger partial charge in [0.05, 0.1) is 0 Å². The summed E-state index contributed by atoms with van der Waals surface area (Å²) in [7, 11) is 0. The van der Waals surface area contributed by atoms with E-state index in [0.717, 1.165) is 39.1 Å². The van der Waals surface area contributed by atoms with Gasteiger partial charge in [-0.05, 0) is 49.6 Å². The van der Waals surface area contributed by atoms with Crippen molar-refractivity contribution in [2.24, 2.45) is 0 Å². The molecule has 2 aromatic rings. The van der Waals surface area contributed by atoms with E-state index in [9.17, 15) is 0 Å². The molecule has 0 aromatic heterocycles. The Labute approximate surface area is 134 Å². The van der Waals surface area contributed by atoms with E-state index in [1.807, 2.05) is 0 Å². The maximum Gasteiger partial charge on any atom is 0.0369 e. The van der Waals surface area contributed by atoms with Crippen molar-refractivity contribution in [3.63, 3.8) is 0 Å². The predicted octanol–water partition coefficient (Wildman–Crippen LogP) is 3.76. The number of nitrogens with zero attached hydrogens (tertiary/aromatic N) is 2. The second kappa shape index (κ2) is 7.46. The summed E-state index contributed by atoms with van der Waals surface area (Å²) < 4.78 is 0. The lowest BCUT2D eigenvalue weighted by atomic mass is 10.1. The first-order valence-corrected chi connectivity index (χ1v) is 8.23. The second-order valence-corrected chi connectivity index (χ2v) is 6.07.